The third-order valence-electron chi connectivity index (χ3n) is 4.20. The Labute approximate surface area is 122 Å². The Bertz CT molecular complexity index is 871. The molecule has 0 saturated heterocycles. The summed E-state index contributed by atoms with van der Waals surface area (Å²) in [7, 11) is 3.81. The number of carboxylic acids is 1. The molecule has 0 aliphatic carbocycles. The largest absolute Gasteiger partial charge is 0.476 e. The molecule has 108 valence electrons. The van der Waals surface area contributed by atoms with Crippen LogP contribution in [-0.2, 0) is 14.1 Å². The van der Waals surface area contributed by atoms with Gasteiger partial charge in [-0.2, -0.15) is 5.10 Å². The van der Waals surface area contributed by atoms with Crippen LogP contribution in [0.1, 0.15) is 21.7 Å². The molecule has 5 heteroatoms. The highest BCUT2D eigenvalue weighted by atomic mass is 16.4. The van der Waals surface area contributed by atoms with E-state index in [2.05, 4.69) is 42.7 Å². The van der Waals surface area contributed by atoms with Crippen LogP contribution in [0, 0.1) is 13.8 Å². The highest BCUT2D eigenvalue weighted by molar-refractivity contribution is 5.91. The fourth-order valence-corrected chi connectivity index (χ4v) is 2.76. The summed E-state index contributed by atoms with van der Waals surface area (Å²) in [6.07, 6.45) is 0. The lowest BCUT2D eigenvalue weighted by Gasteiger charge is -2.03. The van der Waals surface area contributed by atoms with E-state index in [4.69, 9.17) is 5.11 Å². The first-order valence-electron chi connectivity index (χ1n) is 6.73. The molecule has 0 unspecified atom stereocenters. The Morgan fingerprint density at radius 2 is 1.90 bits per heavy atom. The normalized spacial score (nSPS) is 11.2. The molecule has 3 aromatic rings. The number of benzene rings is 1. The molecule has 0 amide bonds. The molecule has 2 aromatic heterocycles. The molecule has 3 rings (SSSR count). The van der Waals surface area contributed by atoms with Crippen molar-refractivity contribution in [2.24, 2.45) is 14.1 Å². The van der Waals surface area contributed by atoms with E-state index in [9.17, 15) is 4.79 Å². The van der Waals surface area contributed by atoms with Gasteiger partial charge in [0.05, 0.1) is 5.69 Å². The van der Waals surface area contributed by atoms with Gasteiger partial charge in [0.15, 0.2) is 5.69 Å². The van der Waals surface area contributed by atoms with E-state index < -0.39 is 5.97 Å². The molecule has 0 spiro atoms. The van der Waals surface area contributed by atoms with Gasteiger partial charge in [-0.25, -0.2) is 4.79 Å². The Balaban J connectivity index is 2.22. The first kappa shape index (κ1) is 13.4. The molecule has 1 aromatic carbocycles. The Kier molecular flexibility index (Phi) is 2.86. The van der Waals surface area contributed by atoms with Crippen LogP contribution in [-0.4, -0.2) is 25.4 Å². The van der Waals surface area contributed by atoms with Crippen LogP contribution in [0.5, 0.6) is 0 Å². The topological polar surface area (TPSA) is 60.1 Å². The lowest BCUT2D eigenvalue weighted by Crippen LogP contribution is -1.99. The Morgan fingerprint density at radius 1 is 1.19 bits per heavy atom. The zero-order chi connectivity index (χ0) is 15.3. The molecule has 5 nitrogen and oxygen atoms in total. The summed E-state index contributed by atoms with van der Waals surface area (Å²) in [5, 5.41) is 14.3. The number of rotatable bonds is 2. The number of carbonyl (C=O) groups is 1. The van der Waals surface area contributed by atoms with Crippen LogP contribution >= 0.6 is 0 Å². The summed E-state index contributed by atoms with van der Waals surface area (Å²) in [5.41, 5.74) is 5.49. The van der Waals surface area contributed by atoms with E-state index in [0.717, 1.165) is 11.3 Å². The average Bonchev–Trinajstić information content (AvgIpc) is 2.94. The molecule has 0 aliphatic heterocycles. The number of aromatic carboxylic acids is 1. The monoisotopic (exact) mass is 283 g/mol. The van der Waals surface area contributed by atoms with Gasteiger partial charge < -0.3 is 9.67 Å². The molecule has 21 heavy (non-hydrogen) atoms. The maximum absolute atomic E-state index is 11.0. The zero-order valence-electron chi connectivity index (χ0n) is 12.5. The number of carboxylic acid groups (broad SMARTS) is 1. The van der Waals surface area contributed by atoms with Crippen molar-refractivity contribution in [2.75, 3.05) is 0 Å². The second kappa shape index (κ2) is 4.48. The van der Waals surface area contributed by atoms with Crippen molar-refractivity contribution in [3.63, 3.8) is 0 Å². The Morgan fingerprint density at radius 3 is 2.52 bits per heavy atom. The molecule has 2 heterocycles. The molecular formula is C16H17N3O2. The summed E-state index contributed by atoms with van der Waals surface area (Å²) >= 11 is 0. The van der Waals surface area contributed by atoms with Crippen molar-refractivity contribution in [3.05, 3.63) is 41.2 Å². The average molecular weight is 283 g/mol. The first-order valence-corrected chi connectivity index (χ1v) is 6.73. The second-order valence-corrected chi connectivity index (χ2v) is 5.34. The van der Waals surface area contributed by atoms with Crippen LogP contribution in [0.3, 0.4) is 0 Å². The molecule has 1 N–H and O–H groups in total. The highest BCUT2D eigenvalue weighted by Gasteiger charge is 2.14. The number of hydrogen-bond donors (Lipinski definition) is 1. The molecular weight excluding hydrogens is 266 g/mol. The minimum atomic E-state index is -1.01. The van der Waals surface area contributed by atoms with Gasteiger partial charge in [0.1, 0.15) is 0 Å². The molecule has 0 fully saturated rings. The van der Waals surface area contributed by atoms with Crippen molar-refractivity contribution in [3.8, 4) is 11.3 Å². The molecule has 0 atom stereocenters. The maximum Gasteiger partial charge on any atom is 0.356 e. The van der Waals surface area contributed by atoms with Gasteiger partial charge in [0.25, 0.3) is 0 Å². The third-order valence-corrected chi connectivity index (χ3v) is 4.20. The second-order valence-electron chi connectivity index (χ2n) is 5.34. The lowest BCUT2D eigenvalue weighted by atomic mass is 10.1. The summed E-state index contributed by atoms with van der Waals surface area (Å²) in [6, 6.07) is 7.77. The molecule has 0 radical (unpaired) electrons. The number of nitrogens with zero attached hydrogens (tertiary/aromatic N) is 3. The minimum absolute atomic E-state index is 0.0635. The van der Waals surface area contributed by atoms with Crippen LogP contribution < -0.4 is 0 Å². The van der Waals surface area contributed by atoms with E-state index >= 15 is 0 Å². The van der Waals surface area contributed by atoms with Gasteiger partial charge in [-0.1, -0.05) is 6.07 Å². The van der Waals surface area contributed by atoms with Crippen LogP contribution in [0.25, 0.3) is 22.2 Å². The van der Waals surface area contributed by atoms with Gasteiger partial charge in [-0.05, 0) is 37.6 Å². The first-order chi connectivity index (χ1) is 9.90. The van der Waals surface area contributed by atoms with Crippen molar-refractivity contribution in [2.45, 2.75) is 13.8 Å². The number of hydrogen-bond acceptors (Lipinski definition) is 2. The van der Waals surface area contributed by atoms with E-state index in [-0.39, 0.29) is 5.69 Å². The van der Waals surface area contributed by atoms with Crippen LogP contribution in [0.4, 0.5) is 0 Å². The predicted molar refractivity (Wildman–Crippen MR) is 81.6 cm³/mol. The van der Waals surface area contributed by atoms with Gasteiger partial charge in [-0.15, -0.1) is 0 Å². The summed E-state index contributed by atoms with van der Waals surface area (Å²) in [5.74, 6) is -1.01. The number of aryl methyl sites for hydroxylation is 3. The van der Waals surface area contributed by atoms with E-state index in [1.165, 1.54) is 22.2 Å². The minimum Gasteiger partial charge on any atom is -0.476 e. The quantitative estimate of drug-likeness (QED) is 0.786. The van der Waals surface area contributed by atoms with Crippen molar-refractivity contribution in [1.29, 1.82) is 0 Å². The van der Waals surface area contributed by atoms with Gasteiger partial charge in [0.2, 0.25) is 0 Å². The Hall–Kier alpha value is -2.56. The third kappa shape index (κ3) is 1.93. The standard InChI is InChI=1S/C16H17N3O2/c1-9-10(2)18(3)14-6-5-11(7-12(9)14)15-8-13(16(20)21)17-19(15)4/h5-8H,1-4H3,(H,20,21). The van der Waals surface area contributed by atoms with E-state index in [1.54, 1.807) is 17.8 Å². The lowest BCUT2D eigenvalue weighted by molar-refractivity contribution is 0.0689. The molecule has 0 saturated carbocycles. The SMILES string of the molecule is Cc1c(C)n(C)c2ccc(-c3cc(C(=O)O)nn3C)cc12. The van der Waals surface area contributed by atoms with E-state index in [0.29, 0.717) is 0 Å². The predicted octanol–water partition coefficient (Wildman–Crippen LogP) is 2.89. The van der Waals surface area contributed by atoms with Crippen LogP contribution in [0.2, 0.25) is 0 Å². The fraction of sp³-hybridized carbons (Fsp3) is 0.250. The highest BCUT2D eigenvalue weighted by Crippen LogP contribution is 2.29. The fourth-order valence-electron chi connectivity index (χ4n) is 2.76. The summed E-state index contributed by atoms with van der Waals surface area (Å²) in [4.78, 5) is 11.0. The van der Waals surface area contributed by atoms with Crippen molar-refractivity contribution in [1.82, 2.24) is 14.3 Å². The van der Waals surface area contributed by atoms with Crippen molar-refractivity contribution >= 4 is 16.9 Å². The van der Waals surface area contributed by atoms with E-state index in [1.807, 2.05) is 6.07 Å². The van der Waals surface area contributed by atoms with Gasteiger partial charge >= 0.3 is 5.97 Å². The van der Waals surface area contributed by atoms with Crippen LogP contribution in [0.15, 0.2) is 24.3 Å². The summed E-state index contributed by atoms with van der Waals surface area (Å²) < 4.78 is 3.77. The number of fused-ring (bicyclic) bond motifs is 1. The van der Waals surface area contributed by atoms with Gasteiger partial charge in [-0.3, -0.25) is 4.68 Å². The molecule has 0 bridgehead atoms. The van der Waals surface area contributed by atoms with Crippen molar-refractivity contribution < 1.29 is 9.90 Å². The number of aromatic nitrogens is 3. The van der Waals surface area contributed by atoms with Gasteiger partial charge in [0, 0.05) is 36.3 Å². The smallest absolute Gasteiger partial charge is 0.356 e. The zero-order valence-corrected chi connectivity index (χ0v) is 12.5. The molecule has 0 aliphatic rings. The maximum atomic E-state index is 11.0. The summed E-state index contributed by atoms with van der Waals surface area (Å²) in [6.45, 7) is 4.20.